The third-order valence-corrected chi connectivity index (χ3v) is 3.23. The second-order valence-corrected chi connectivity index (χ2v) is 4.34. The molecule has 0 radical (unpaired) electrons. The van der Waals surface area contributed by atoms with Gasteiger partial charge in [0, 0.05) is 31.0 Å². The highest BCUT2D eigenvalue weighted by Crippen LogP contribution is 2.28. The maximum atomic E-state index is 4.20. The Morgan fingerprint density at radius 3 is 2.93 bits per heavy atom. The van der Waals surface area contributed by atoms with E-state index in [0.717, 1.165) is 11.7 Å². The molecule has 0 bridgehead atoms. The number of nitrogens with one attached hydrogen (secondary N) is 2. The lowest BCUT2D eigenvalue weighted by molar-refractivity contribution is 0.556. The third-order valence-electron chi connectivity index (χ3n) is 3.23. The van der Waals surface area contributed by atoms with Crippen molar-refractivity contribution in [2.75, 3.05) is 17.7 Å². The van der Waals surface area contributed by atoms with E-state index >= 15 is 0 Å². The van der Waals surface area contributed by atoms with E-state index in [2.05, 4.69) is 28.6 Å². The fraction of sp³-hybridized carbons (Fsp3) is 0.583. The molecule has 3 nitrogen and oxygen atoms in total. The lowest BCUT2D eigenvalue weighted by Crippen LogP contribution is -2.21. The summed E-state index contributed by atoms with van der Waals surface area (Å²) in [4.78, 5) is 4.20. The highest BCUT2D eigenvalue weighted by molar-refractivity contribution is 5.52. The van der Waals surface area contributed by atoms with E-state index in [1.165, 1.54) is 24.9 Å². The molecule has 1 saturated carbocycles. The molecule has 3 heteroatoms. The Bertz CT molecular complexity index is 324. The predicted octanol–water partition coefficient (Wildman–Crippen LogP) is 2.72. The Hall–Kier alpha value is -1.25. The van der Waals surface area contributed by atoms with Crippen LogP contribution in [0.4, 0.5) is 11.5 Å². The maximum Gasteiger partial charge on any atom is 0.127 e. The Labute approximate surface area is 91.3 Å². The third kappa shape index (κ3) is 2.41. The van der Waals surface area contributed by atoms with Crippen LogP contribution in [0, 0.1) is 5.92 Å². The zero-order valence-corrected chi connectivity index (χ0v) is 9.46. The fourth-order valence-corrected chi connectivity index (χ4v) is 2.23. The van der Waals surface area contributed by atoms with Crippen LogP contribution in [0.1, 0.15) is 26.2 Å². The zero-order chi connectivity index (χ0) is 10.7. The van der Waals surface area contributed by atoms with Gasteiger partial charge in [0.05, 0.1) is 0 Å². The summed E-state index contributed by atoms with van der Waals surface area (Å²) in [6, 6.07) is 4.73. The van der Waals surface area contributed by atoms with Gasteiger partial charge in [0.2, 0.25) is 0 Å². The number of nitrogens with zero attached hydrogens (tertiary/aromatic N) is 1. The molecule has 0 amide bonds. The second-order valence-electron chi connectivity index (χ2n) is 4.34. The van der Waals surface area contributed by atoms with Crippen LogP contribution in [-0.4, -0.2) is 18.1 Å². The van der Waals surface area contributed by atoms with Gasteiger partial charge < -0.3 is 10.6 Å². The van der Waals surface area contributed by atoms with E-state index in [1.54, 1.807) is 0 Å². The van der Waals surface area contributed by atoms with Gasteiger partial charge in [-0.3, -0.25) is 0 Å². The summed E-state index contributed by atoms with van der Waals surface area (Å²) in [5.74, 6) is 1.71. The van der Waals surface area contributed by atoms with Gasteiger partial charge in [-0.15, -0.1) is 0 Å². The number of hydrogen-bond acceptors (Lipinski definition) is 3. The zero-order valence-electron chi connectivity index (χ0n) is 9.46. The first-order chi connectivity index (χ1) is 7.29. The van der Waals surface area contributed by atoms with E-state index in [9.17, 15) is 0 Å². The fourth-order valence-electron chi connectivity index (χ4n) is 2.23. The summed E-state index contributed by atoms with van der Waals surface area (Å²) in [6.07, 6.45) is 5.83. The van der Waals surface area contributed by atoms with Crippen LogP contribution in [0.3, 0.4) is 0 Å². The van der Waals surface area contributed by atoms with Gasteiger partial charge in [-0.2, -0.15) is 0 Å². The van der Waals surface area contributed by atoms with Crippen molar-refractivity contribution in [1.82, 2.24) is 4.98 Å². The molecule has 82 valence electrons. The SMILES string of the molecule is CNc1cc(NC2CCCC2C)ccn1. The highest BCUT2D eigenvalue weighted by Gasteiger charge is 2.22. The molecule has 1 fully saturated rings. The number of anilines is 2. The maximum absolute atomic E-state index is 4.20. The molecular formula is C12H19N3. The van der Waals surface area contributed by atoms with Crippen LogP contribution in [0.15, 0.2) is 18.3 Å². The van der Waals surface area contributed by atoms with Crippen molar-refractivity contribution in [3.8, 4) is 0 Å². The number of rotatable bonds is 3. The van der Waals surface area contributed by atoms with E-state index < -0.39 is 0 Å². The van der Waals surface area contributed by atoms with Crippen molar-refractivity contribution in [2.24, 2.45) is 5.92 Å². The topological polar surface area (TPSA) is 37.0 Å². The van der Waals surface area contributed by atoms with Gasteiger partial charge in [-0.1, -0.05) is 13.3 Å². The molecule has 2 atom stereocenters. The van der Waals surface area contributed by atoms with Crippen LogP contribution in [0.25, 0.3) is 0 Å². The predicted molar refractivity (Wildman–Crippen MR) is 64.2 cm³/mol. The van der Waals surface area contributed by atoms with Crippen molar-refractivity contribution >= 4 is 11.5 Å². The Morgan fingerprint density at radius 2 is 2.27 bits per heavy atom. The van der Waals surface area contributed by atoms with E-state index in [1.807, 2.05) is 19.3 Å². The molecule has 2 rings (SSSR count). The van der Waals surface area contributed by atoms with Gasteiger partial charge in [0.1, 0.15) is 5.82 Å². The summed E-state index contributed by atoms with van der Waals surface area (Å²) >= 11 is 0. The lowest BCUT2D eigenvalue weighted by atomic mass is 10.1. The minimum Gasteiger partial charge on any atom is -0.382 e. The first-order valence-corrected chi connectivity index (χ1v) is 5.70. The normalized spacial score (nSPS) is 25.2. The lowest BCUT2D eigenvalue weighted by Gasteiger charge is -2.18. The Balaban J connectivity index is 2.03. The Kier molecular flexibility index (Phi) is 3.09. The second kappa shape index (κ2) is 4.51. The Morgan fingerprint density at radius 1 is 1.40 bits per heavy atom. The van der Waals surface area contributed by atoms with Crippen molar-refractivity contribution in [1.29, 1.82) is 0 Å². The monoisotopic (exact) mass is 205 g/mol. The van der Waals surface area contributed by atoms with Crippen molar-refractivity contribution in [3.63, 3.8) is 0 Å². The largest absolute Gasteiger partial charge is 0.382 e. The molecule has 15 heavy (non-hydrogen) atoms. The first-order valence-electron chi connectivity index (χ1n) is 5.70. The molecule has 2 N–H and O–H groups in total. The van der Waals surface area contributed by atoms with Gasteiger partial charge in [-0.05, 0) is 24.8 Å². The highest BCUT2D eigenvalue weighted by atomic mass is 15.0. The first kappa shape index (κ1) is 10.3. The van der Waals surface area contributed by atoms with Gasteiger partial charge in [0.25, 0.3) is 0 Å². The quantitative estimate of drug-likeness (QED) is 0.796. The average Bonchev–Trinajstić information content (AvgIpc) is 2.65. The average molecular weight is 205 g/mol. The van der Waals surface area contributed by atoms with Crippen LogP contribution >= 0.6 is 0 Å². The molecule has 1 aliphatic rings. The summed E-state index contributed by atoms with van der Waals surface area (Å²) in [7, 11) is 1.89. The summed E-state index contributed by atoms with van der Waals surface area (Å²) < 4.78 is 0. The molecule has 1 aromatic heterocycles. The smallest absolute Gasteiger partial charge is 0.127 e. The van der Waals surface area contributed by atoms with Crippen LogP contribution < -0.4 is 10.6 Å². The number of pyridine rings is 1. The minimum absolute atomic E-state index is 0.636. The van der Waals surface area contributed by atoms with Crippen LogP contribution in [0.5, 0.6) is 0 Å². The van der Waals surface area contributed by atoms with E-state index in [0.29, 0.717) is 6.04 Å². The number of aromatic nitrogens is 1. The van der Waals surface area contributed by atoms with Crippen molar-refractivity contribution < 1.29 is 0 Å². The van der Waals surface area contributed by atoms with Crippen molar-refractivity contribution in [3.05, 3.63) is 18.3 Å². The molecule has 0 spiro atoms. The molecule has 0 aromatic carbocycles. The van der Waals surface area contributed by atoms with Crippen molar-refractivity contribution in [2.45, 2.75) is 32.2 Å². The molecule has 2 unspecified atom stereocenters. The minimum atomic E-state index is 0.636. The van der Waals surface area contributed by atoms with E-state index in [4.69, 9.17) is 0 Å². The van der Waals surface area contributed by atoms with Crippen LogP contribution in [0.2, 0.25) is 0 Å². The molecule has 0 aliphatic heterocycles. The molecule has 1 heterocycles. The molecule has 1 aliphatic carbocycles. The summed E-state index contributed by atoms with van der Waals surface area (Å²) in [6.45, 7) is 2.32. The van der Waals surface area contributed by atoms with E-state index in [-0.39, 0.29) is 0 Å². The van der Waals surface area contributed by atoms with Gasteiger partial charge in [-0.25, -0.2) is 4.98 Å². The summed E-state index contributed by atoms with van der Waals surface area (Å²) in [5, 5.41) is 6.64. The standard InChI is InChI=1S/C12H19N3/c1-9-4-3-5-11(9)15-10-6-7-14-12(8-10)13-2/h6-9,11H,3-5H2,1-2H3,(H2,13,14,15). The van der Waals surface area contributed by atoms with Gasteiger partial charge in [0.15, 0.2) is 0 Å². The molecule has 1 aromatic rings. The summed E-state index contributed by atoms with van der Waals surface area (Å²) in [5.41, 5.74) is 1.17. The van der Waals surface area contributed by atoms with Gasteiger partial charge >= 0.3 is 0 Å². The van der Waals surface area contributed by atoms with Crippen LogP contribution in [-0.2, 0) is 0 Å². The molecule has 0 saturated heterocycles. The molecular weight excluding hydrogens is 186 g/mol. The number of hydrogen-bond donors (Lipinski definition) is 2.